The summed E-state index contributed by atoms with van der Waals surface area (Å²) in [4.78, 5) is 27.0. The van der Waals surface area contributed by atoms with E-state index in [1.807, 2.05) is 26.1 Å². The fraction of sp³-hybridized carbons (Fsp3) is 0.500. The van der Waals surface area contributed by atoms with Gasteiger partial charge in [-0.1, -0.05) is 33.8 Å². The molecule has 1 aromatic carbocycles. The number of hydrogen-bond acceptors (Lipinski definition) is 8. The Morgan fingerprint density at radius 1 is 1.28 bits per heavy atom. The molecule has 3 atom stereocenters. The molecule has 0 saturated heterocycles. The van der Waals surface area contributed by atoms with Gasteiger partial charge in [0.25, 0.3) is 0 Å². The normalized spacial score (nSPS) is 22.3. The highest BCUT2D eigenvalue weighted by atomic mass is 32.1. The Balaban J connectivity index is 1.54. The van der Waals surface area contributed by atoms with Crippen LogP contribution in [0.2, 0.25) is 0 Å². The van der Waals surface area contributed by atoms with Gasteiger partial charge in [0.2, 0.25) is 5.95 Å². The molecule has 1 fully saturated rings. The first-order valence-electron chi connectivity index (χ1n) is 12.6. The largest absolute Gasteiger partial charge is 0.466 e. The SMILES string of the molecule is CCOC(=O)C1CCC(O)(c2ncc(-c3cc(C)cc(Nc4nccc(C(C)(C)C)n4)c3)s2)CC1C. The van der Waals surface area contributed by atoms with Crippen molar-refractivity contribution in [1.82, 2.24) is 15.0 Å². The van der Waals surface area contributed by atoms with Crippen LogP contribution >= 0.6 is 11.3 Å². The average Bonchev–Trinajstić information content (AvgIpc) is 3.30. The van der Waals surface area contributed by atoms with E-state index >= 15 is 0 Å². The molecule has 1 aliphatic carbocycles. The van der Waals surface area contributed by atoms with Crippen molar-refractivity contribution in [3.8, 4) is 10.4 Å². The van der Waals surface area contributed by atoms with Gasteiger partial charge in [-0.3, -0.25) is 4.79 Å². The molecule has 1 saturated carbocycles. The van der Waals surface area contributed by atoms with E-state index in [1.54, 1.807) is 6.20 Å². The third-order valence-electron chi connectivity index (χ3n) is 6.75. The zero-order valence-electron chi connectivity index (χ0n) is 22.0. The maximum atomic E-state index is 12.3. The van der Waals surface area contributed by atoms with Gasteiger partial charge in [0.05, 0.1) is 23.1 Å². The molecule has 36 heavy (non-hydrogen) atoms. The summed E-state index contributed by atoms with van der Waals surface area (Å²) in [6.45, 7) is 12.6. The number of benzene rings is 1. The van der Waals surface area contributed by atoms with Gasteiger partial charge in [0.15, 0.2) is 0 Å². The summed E-state index contributed by atoms with van der Waals surface area (Å²) in [6, 6.07) is 8.17. The third-order valence-corrected chi connectivity index (χ3v) is 7.99. The topological polar surface area (TPSA) is 97.2 Å². The van der Waals surface area contributed by atoms with Crippen LogP contribution < -0.4 is 5.32 Å². The number of rotatable bonds is 6. The number of nitrogens with one attached hydrogen (secondary N) is 1. The quantitative estimate of drug-likeness (QED) is 0.386. The highest BCUT2D eigenvalue weighted by Gasteiger charge is 2.43. The lowest BCUT2D eigenvalue weighted by molar-refractivity contribution is -0.154. The molecule has 2 aromatic heterocycles. The second-order valence-corrected chi connectivity index (χ2v) is 11.9. The first-order chi connectivity index (χ1) is 17.0. The van der Waals surface area contributed by atoms with Crippen molar-refractivity contribution in [2.75, 3.05) is 11.9 Å². The fourth-order valence-electron chi connectivity index (χ4n) is 4.84. The van der Waals surface area contributed by atoms with Gasteiger partial charge in [-0.2, -0.15) is 0 Å². The molecule has 7 nitrogen and oxygen atoms in total. The standard InChI is InChI=1S/C28H36N4O3S/c1-7-35-24(33)21-8-10-28(34,15-18(21)3)25-30-16-22(36-25)19-12-17(2)13-20(14-19)31-26-29-11-9-23(32-26)27(4,5)6/h9,11-14,16,18,21,34H,7-8,10,15H2,1-6H3,(H,29,31,32). The van der Waals surface area contributed by atoms with Crippen LogP contribution in [-0.4, -0.2) is 32.6 Å². The molecule has 0 spiro atoms. The summed E-state index contributed by atoms with van der Waals surface area (Å²) in [5.74, 6) is 0.247. The van der Waals surface area contributed by atoms with Crippen LogP contribution in [0.1, 0.15) is 70.1 Å². The minimum atomic E-state index is -1.03. The van der Waals surface area contributed by atoms with E-state index in [1.165, 1.54) is 11.3 Å². The number of carbonyl (C=O) groups is 1. The molecular weight excluding hydrogens is 472 g/mol. The van der Waals surface area contributed by atoms with Crippen molar-refractivity contribution in [3.63, 3.8) is 0 Å². The van der Waals surface area contributed by atoms with Gasteiger partial charge < -0.3 is 15.2 Å². The van der Waals surface area contributed by atoms with Gasteiger partial charge in [0.1, 0.15) is 10.6 Å². The molecule has 0 radical (unpaired) electrons. The monoisotopic (exact) mass is 508 g/mol. The number of thiazole rings is 1. The third kappa shape index (κ3) is 5.76. The van der Waals surface area contributed by atoms with E-state index in [0.717, 1.165) is 27.4 Å². The van der Waals surface area contributed by atoms with E-state index in [0.29, 0.717) is 36.8 Å². The molecule has 1 aliphatic rings. The van der Waals surface area contributed by atoms with E-state index in [4.69, 9.17) is 4.74 Å². The summed E-state index contributed by atoms with van der Waals surface area (Å²) in [6.07, 6.45) is 5.19. The Bertz CT molecular complexity index is 1240. The summed E-state index contributed by atoms with van der Waals surface area (Å²) in [7, 11) is 0. The zero-order chi connectivity index (χ0) is 26.1. The van der Waals surface area contributed by atoms with E-state index in [-0.39, 0.29) is 23.2 Å². The maximum absolute atomic E-state index is 12.3. The molecule has 8 heteroatoms. The second kappa shape index (κ2) is 10.3. The molecule has 2 N–H and O–H groups in total. The van der Waals surface area contributed by atoms with E-state index in [9.17, 15) is 9.90 Å². The number of ether oxygens (including phenoxy) is 1. The summed E-state index contributed by atoms with van der Waals surface area (Å²) >= 11 is 1.51. The van der Waals surface area contributed by atoms with E-state index in [2.05, 4.69) is 66.2 Å². The predicted octanol–water partition coefficient (Wildman–Crippen LogP) is 6.14. The molecule has 4 rings (SSSR count). The molecular formula is C28H36N4O3S. The van der Waals surface area contributed by atoms with Crippen LogP contribution in [0.4, 0.5) is 11.6 Å². The van der Waals surface area contributed by atoms with Gasteiger partial charge in [-0.25, -0.2) is 15.0 Å². The smallest absolute Gasteiger partial charge is 0.309 e. The molecule has 192 valence electrons. The lowest BCUT2D eigenvalue weighted by atomic mass is 9.72. The minimum Gasteiger partial charge on any atom is -0.466 e. The molecule has 0 amide bonds. The number of nitrogens with zero attached hydrogens (tertiary/aromatic N) is 3. The Morgan fingerprint density at radius 2 is 2.06 bits per heavy atom. The van der Waals surface area contributed by atoms with Gasteiger partial charge in [0, 0.05) is 23.5 Å². The van der Waals surface area contributed by atoms with Crippen molar-refractivity contribution in [2.45, 2.75) is 71.8 Å². The summed E-state index contributed by atoms with van der Waals surface area (Å²) in [5.41, 5.74) is 2.89. The lowest BCUT2D eigenvalue weighted by Gasteiger charge is -2.37. The number of anilines is 2. The number of aliphatic hydroxyl groups is 1. The Hall–Kier alpha value is -2.84. The number of hydrogen-bond donors (Lipinski definition) is 2. The molecule has 0 bridgehead atoms. The van der Waals surface area contributed by atoms with Crippen LogP contribution in [0, 0.1) is 18.8 Å². The van der Waals surface area contributed by atoms with Crippen molar-refractivity contribution in [1.29, 1.82) is 0 Å². The number of esters is 1. The molecule has 2 heterocycles. The van der Waals surface area contributed by atoms with Crippen LogP contribution in [0.3, 0.4) is 0 Å². The van der Waals surface area contributed by atoms with Crippen LogP contribution in [0.25, 0.3) is 10.4 Å². The Labute approximate surface area is 217 Å². The lowest BCUT2D eigenvalue weighted by Crippen LogP contribution is -2.39. The number of aryl methyl sites for hydroxylation is 1. The molecule has 3 aromatic rings. The average molecular weight is 509 g/mol. The van der Waals surface area contributed by atoms with Crippen molar-refractivity contribution < 1.29 is 14.6 Å². The summed E-state index contributed by atoms with van der Waals surface area (Å²) < 4.78 is 5.23. The first kappa shape index (κ1) is 26.2. The summed E-state index contributed by atoms with van der Waals surface area (Å²) in [5, 5.41) is 15.5. The van der Waals surface area contributed by atoms with E-state index < -0.39 is 5.60 Å². The second-order valence-electron chi connectivity index (χ2n) is 10.9. The van der Waals surface area contributed by atoms with Crippen LogP contribution in [0.15, 0.2) is 36.7 Å². The van der Waals surface area contributed by atoms with Gasteiger partial charge in [-0.15, -0.1) is 11.3 Å². The van der Waals surface area contributed by atoms with Crippen LogP contribution in [0.5, 0.6) is 0 Å². The van der Waals surface area contributed by atoms with Gasteiger partial charge in [-0.05, 0) is 68.4 Å². The minimum absolute atomic E-state index is 0.0220. The Kier molecular flexibility index (Phi) is 7.48. The number of aromatic nitrogens is 3. The Morgan fingerprint density at radius 3 is 2.75 bits per heavy atom. The van der Waals surface area contributed by atoms with Crippen LogP contribution in [-0.2, 0) is 20.5 Å². The zero-order valence-corrected chi connectivity index (χ0v) is 22.8. The first-order valence-corrected chi connectivity index (χ1v) is 13.4. The van der Waals surface area contributed by atoms with Crippen molar-refractivity contribution in [3.05, 3.63) is 52.9 Å². The highest BCUT2D eigenvalue weighted by Crippen LogP contribution is 2.45. The maximum Gasteiger partial charge on any atom is 0.309 e. The molecule has 3 unspecified atom stereocenters. The molecule has 0 aliphatic heterocycles. The number of carbonyl (C=O) groups excluding carboxylic acids is 1. The fourth-order valence-corrected chi connectivity index (χ4v) is 5.87. The van der Waals surface area contributed by atoms with Gasteiger partial charge >= 0.3 is 5.97 Å². The van der Waals surface area contributed by atoms with Crippen molar-refractivity contribution >= 4 is 28.9 Å². The predicted molar refractivity (Wildman–Crippen MR) is 143 cm³/mol. The highest BCUT2D eigenvalue weighted by molar-refractivity contribution is 7.15. The van der Waals surface area contributed by atoms with Crippen molar-refractivity contribution in [2.24, 2.45) is 11.8 Å².